The zero-order chi connectivity index (χ0) is 60.5. The molecule has 7 rings (SSSR count). The van der Waals surface area contributed by atoms with E-state index in [1.165, 1.54) is 0 Å². The van der Waals surface area contributed by atoms with Crippen molar-refractivity contribution in [3.63, 3.8) is 0 Å². The molecule has 0 amide bonds. The Labute approximate surface area is 451 Å². The van der Waals surface area contributed by atoms with Gasteiger partial charge in [-0.3, -0.25) is 42.0 Å². The van der Waals surface area contributed by atoms with Crippen molar-refractivity contribution in [3.8, 4) is 17.2 Å². The summed E-state index contributed by atoms with van der Waals surface area (Å²) in [5, 5.41) is 67.4. The number of aromatic hydroxyl groups is 3. The van der Waals surface area contributed by atoms with Crippen LogP contribution in [0.2, 0.25) is 0 Å². The number of anilines is 1. The van der Waals surface area contributed by atoms with Crippen molar-refractivity contribution in [2.24, 2.45) is 40.9 Å². The van der Waals surface area contributed by atoms with Gasteiger partial charge >= 0.3 is 0 Å². The molecule has 81 heavy (non-hydrogen) atoms. The molecule has 426 valence electrons. The average Bonchev–Trinajstić information content (AvgIpc) is 3.42. The number of nitrogens with zero attached hydrogens (tertiary/aromatic N) is 9. The van der Waals surface area contributed by atoms with E-state index in [-0.39, 0.29) is 41.8 Å². The summed E-state index contributed by atoms with van der Waals surface area (Å²) in [4.78, 5) is -0.00105. The van der Waals surface area contributed by atoms with Gasteiger partial charge in [0.25, 0.3) is 76.5 Å². The van der Waals surface area contributed by atoms with Crippen LogP contribution in [-0.4, -0.2) is 111 Å². The van der Waals surface area contributed by atoms with E-state index in [1.807, 2.05) is 0 Å². The second-order valence-corrected chi connectivity index (χ2v) is 25.4. The Morgan fingerprint density at radius 1 is 0.383 bits per heavy atom. The molecule has 0 unspecified atom stereocenters. The van der Waals surface area contributed by atoms with Crippen LogP contribution in [0.25, 0.3) is 21.5 Å². The highest BCUT2D eigenvalue weighted by Crippen LogP contribution is 2.50. The number of phenols is 3. The van der Waals surface area contributed by atoms with Crippen LogP contribution in [0, 0.1) is 10.1 Å². The Morgan fingerprint density at radius 2 is 0.790 bits per heavy atom. The molecular weight excluding hydrogens is 1240 g/mol. The number of hydrogen-bond acceptors (Lipinski definition) is 28. The van der Waals surface area contributed by atoms with Crippen molar-refractivity contribution in [2.75, 3.05) is 5.73 Å². The van der Waals surface area contributed by atoms with Crippen molar-refractivity contribution in [1.29, 1.82) is 0 Å². The lowest BCUT2D eigenvalue weighted by atomic mass is 10.0. The summed E-state index contributed by atoms with van der Waals surface area (Å²) in [5.74, 6) is -3.34. The predicted octanol–water partition coefficient (Wildman–Crippen LogP) is 6.99. The average molecular weight is 1260 g/mol. The second-order valence-electron chi connectivity index (χ2n) is 15.7. The monoisotopic (exact) mass is 1260 g/mol. The number of nitro groups is 1. The lowest BCUT2D eigenvalue weighted by Gasteiger charge is -2.15. The number of rotatable bonds is 16. The largest absolute Gasteiger partial charge is 0.508 e. The number of non-ortho nitro benzene ring substituents is 1. The molecule has 0 aliphatic rings. The molecule has 36 nitrogen and oxygen atoms in total. The summed E-state index contributed by atoms with van der Waals surface area (Å²) in [7, 11) is -39.5. The van der Waals surface area contributed by atoms with E-state index in [2.05, 4.69) is 40.9 Å². The number of phenolic OH excluding ortho intramolecular Hbond substituents is 3. The van der Waals surface area contributed by atoms with Gasteiger partial charge in [0, 0.05) is 28.3 Å². The first-order valence-electron chi connectivity index (χ1n) is 20.3. The third-order valence-electron chi connectivity index (χ3n) is 10.5. The Morgan fingerprint density at radius 3 is 1.27 bits per heavy atom. The van der Waals surface area contributed by atoms with Gasteiger partial charge in [0.15, 0.2) is 11.5 Å². The minimum atomic E-state index is -5.84. The van der Waals surface area contributed by atoms with Crippen LogP contribution in [0.4, 0.5) is 56.9 Å². The van der Waals surface area contributed by atoms with Gasteiger partial charge in [-0.1, -0.05) is 0 Å². The molecule has 0 fully saturated rings. The van der Waals surface area contributed by atoms with Crippen molar-refractivity contribution >= 4 is 149 Å². The fourth-order valence-corrected chi connectivity index (χ4v) is 11.8. The SMILES string of the molecule is Nc1c(N=Nc2ccc3c(O)c(N=Nc4cc(S(=O)(=O)O)c(N=Nc5ccc(O)cc5)cc4S(=O)(=O)O)c(S(=O)(=O)O)cc3c2S(=O)(=O)O)cc(S(=O)(=O)O)c2cc(S(=O)(=O)O)c(N=Nc3ccc([N+](=O)[O-])cc3S(=O)(=O)O)c(O)c12. The molecule has 43 heteroatoms. The highest BCUT2D eigenvalue weighted by molar-refractivity contribution is 7.87. The molecule has 0 atom stereocenters. The number of azo groups is 4. The standard InChI is InChI=1S/C38H26N10O26S7/c39-33-25(14-26(75(54,55)56)20-11-31(80(69,70)71)35(37(51)32(20)33)47-41-21-7-3-16(48(52)53)9-27(21)76(57,58)59)45-42-22-8-6-18-19(38(22)81(72,73)74)10-30(79(66,67)68)34(36(18)50)46-44-24-13-28(77(60,61)62)23(12-29(24)78(63,64)65)43-40-15-1-4-17(49)5-2-15/h1-14,49-51H,39H2,(H,54,55,56)(H,57,58,59)(H,60,61,62)(H,63,64,65)(H,66,67,68)(H,69,70,71)(H,72,73,74). The maximum absolute atomic E-state index is 13.1. The van der Waals surface area contributed by atoms with Gasteiger partial charge < -0.3 is 21.1 Å². The number of nitro benzene ring substituents is 1. The van der Waals surface area contributed by atoms with E-state index in [4.69, 9.17) is 5.73 Å². The smallest absolute Gasteiger partial charge is 0.297 e. The third-order valence-corrected chi connectivity index (χ3v) is 16.7. The van der Waals surface area contributed by atoms with Gasteiger partial charge in [-0.25, -0.2) is 0 Å². The quantitative estimate of drug-likeness (QED) is 0.0153. The fraction of sp³-hybridized carbons (Fsp3) is 0. The highest BCUT2D eigenvalue weighted by Gasteiger charge is 2.32. The summed E-state index contributed by atoms with van der Waals surface area (Å²) >= 11 is 0. The summed E-state index contributed by atoms with van der Waals surface area (Å²) in [6.07, 6.45) is 0. The van der Waals surface area contributed by atoms with E-state index in [9.17, 15) is 116 Å². The van der Waals surface area contributed by atoms with Crippen molar-refractivity contribution in [1.82, 2.24) is 0 Å². The lowest BCUT2D eigenvalue weighted by Crippen LogP contribution is -2.04. The third kappa shape index (κ3) is 12.6. The molecule has 0 aliphatic carbocycles. The lowest BCUT2D eigenvalue weighted by molar-refractivity contribution is -0.385. The summed E-state index contributed by atoms with van der Waals surface area (Å²) in [5.41, 5.74) is -4.10. The molecule has 0 aliphatic heterocycles. The maximum Gasteiger partial charge on any atom is 0.297 e. The molecule has 12 N–H and O–H groups in total. The molecule has 0 saturated heterocycles. The number of hydrogen-bond donors (Lipinski definition) is 11. The molecule has 0 bridgehead atoms. The van der Waals surface area contributed by atoms with Crippen LogP contribution in [0.15, 0.2) is 160 Å². The van der Waals surface area contributed by atoms with E-state index < -0.39 is 194 Å². The normalized spacial score (nSPS) is 13.4. The molecule has 0 aromatic heterocycles. The van der Waals surface area contributed by atoms with E-state index in [1.54, 1.807) is 0 Å². The molecule has 0 spiro atoms. The first-order valence-corrected chi connectivity index (χ1v) is 30.4. The minimum Gasteiger partial charge on any atom is -0.508 e. The summed E-state index contributed by atoms with van der Waals surface area (Å²) in [6.45, 7) is 0. The van der Waals surface area contributed by atoms with E-state index in [0.29, 0.717) is 30.3 Å². The maximum atomic E-state index is 13.1. The zero-order valence-electron chi connectivity index (χ0n) is 38.5. The van der Waals surface area contributed by atoms with Gasteiger partial charge in [-0.15, -0.1) is 35.8 Å². The molecule has 7 aromatic carbocycles. The minimum absolute atomic E-state index is 0.0828. The van der Waals surface area contributed by atoms with E-state index in [0.717, 1.165) is 24.3 Å². The number of fused-ring (bicyclic) bond motifs is 2. The van der Waals surface area contributed by atoms with Crippen LogP contribution in [0.1, 0.15) is 0 Å². The van der Waals surface area contributed by atoms with Crippen molar-refractivity contribution in [3.05, 3.63) is 95.0 Å². The highest BCUT2D eigenvalue weighted by atomic mass is 32.2. The first-order chi connectivity index (χ1) is 37.1. The van der Waals surface area contributed by atoms with Crippen LogP contribution in [0.3, 0.4) is 0 Å². The van der Waals surface area contributed by atoms with Gasteiger partial charge in [-0.05, 0) is 72.8 Å². The van der Waals surface area contributed by atoms with Crippen LogP contribution in [-0.2, 0) is 70.8 Å². The Balaban J connectivity index is 1.43. The molecule has 0 heterocycles. The molecule has 0 radical (unpaired) electrons. The number of benzene rings is 7. The number of nitrogen functional groups attached to an aromatic ring is 1. The van der Waals surface area contributed by atoms with Crippen LogP contribution < -0.4 is 5.73 Å². The first kappa shape index (κ1) is 60.1. The van der Waals surface area contributed by atoms with Crippen molar-refractivity contribution < 1.29 is 111 Å². The Kier molecular flexibility index (Phi) is 15.4. The number of nitrogens with two attached hydrogens (primary N) is 1. The van der Waals surface area contributed by atoms with Crippen LogP contribution in [0.5, 0.6) is 17.2 Å². The van der Waals surface area contributed by atoms with Gasteiger partial charge in [-0.2, -0.15) is 64.0 Å². The molecule has 0 saturated carbocycles. The predicted molar refractivity (Wildman–Crippen MR) is 269 cm³/mol. The second kappa shape index (κ2) is 20.8. The van der Waals surface area contributed by atoms with Gasteiger partial charge in [0.1, 0.15) is 79.8 Å². The van der Waals surface area contributed by atoms with Crippen LogP contribution >= 0.6 is 0 Å². The molecular formula is C38H26N10O26S7. The van der Waals surface area contributed by atoms with Gasteiger partial charge in [0.2, 0.25) is 0 Å². The fourth-order valence-electron chi connectivity index (χ4n) is 7.08. The van der Waals surface area contributed by atoms with Gasteiger partial charge in [0.05, 0.1) is 21.7 Å². The topological polar surface area (TPSA) is 609 Å². The Hall–Kier alpha value is -8.57. The Bertz CT molecular complexity index is 4910. The summed E-state index contributed by atoms with van der Waals surface area (Å²) < 4.78 is 247. The molecule has 7 aromatic rings. The van der Waals surface area contributed by atoms with E-state index >= 15 is 0 Å². The zero-order valence-corrected chi connectivity index (χ0v) is 44.3. The van der Waals surface area contributed by atoms with Crippen molar-refractivity contribution in [2.45, 2.75) is 34.3 Å². The summed E-state index contributed by atoms with van der Waals surface area (Å²) in [6, 6.07) is 8.46.